The predicted molar refractivity (Wildman–Crippen MR) is 79.9 cm³/mol. The van der Waals surface area contributed by atoms with E-state index in [1.54, 1.807) is 0 Å². The predicted octanol–water partition coefficient (Wildman–Crippen LogP) is 4.12. The molecule has 0 amide bonds. The Morgan fingerprint density at radius 1 is 0.895 bits per heavy atom. The molecule has 0 bridgehead atoms. The van der Waals surface area contributed by atoms with Crippen molar-refractivity contribution in [3.05, 3.63) is 58.7 Å². The lowest BCUT2D eigenvalue weighted by Gasteiger charge is -2.14. The second-order valence-electron chi connectivity index (χ2n) is 5.01. The number of aryl methyl sites for hydroxylation is 3. The van der Waals surface area contributed by atoms with Crippen LogP contribution in [0, 0.1) is 20.8 Å². The fourth-order valence-electron chi connectivity index (χ4n) is 2.17. The molecular weight excluding hydrogens is 234 g/mol. The van der Waals surface area contributed by atoms with E-state index in [1.807, 2.05) is 19.2 Å². The third-order valence-corrected chi connectivity index (χ3v) is 3.13. The van der Waals surface area contributed by atoms with E-state index in [0.717, 1.165) is 23.6 Å². The topological polar surface area (TPSA) is 21.3 Å². The SMILES string of the molecule is CNCc1cc(C)ccc1Oc1ccc(C)cc1C. The molecule has 0 fully saturated rings. The minimum atomic E-state index is 0.807. The summed E-state index contributed by atoms with van der Waals surface area (Å²) >= 11 is 0. The summed E-state index contributed by atoms with van der Waals surface area (Å²) in [7, 11) is 1.95. The Bertz CT molecular complexity index is 575. The maximum atomic E-state index is 6.06. The van der Waals surface area contributed by atoms with Crippen LogP contribution in [0.2, 0.25) is 0 Å². The summed E-state index contributed by atoms with van der Waals surface area (Å²) < 4.78 is 6.06. The first-order valence-electron chi connectivity index (χ1n) is 6.59. The molecule has 1 N–H and O–H groups in total. The average molecular weight is 255 g/mol. The molecule has 0 spiro atoms. The molecule has 0 aliphatic rings. The van der Waals surface area contributed by atoms with Crippen LogP contribution in [0.3, 0.4) is 0 Å². The van der Waals surface area contributed by atoms with E-state index in [4.69, 9.17) is 4.74 Å². The van der Waals surface area contributed by atoms with Crippen molar-refractivity contribution in [2.45, 2.75) is 27.3 Å². The Kier molecular flexibility index (Phi) is 4.23. The van der Waals surface area contributed by atoms with Gasteiger partial charge in [-0.25, -0.2) is 0 Å². The molecule has 0 aromatic heterocycles. The number of hydrogen-bond acceptors (Lipinski definition) is 2. The molecule has 2 nitrogen and oxygen atoms in total. The van der Waals surface area contributed by atoms with Gasteiger partial charge in [-0.1, -0.05) is 35.4 Å². The Balaban J connectivity index is 2.32. The Hall–Kier alpha value is -1.80. The summed E-state index contributed by atoms with van der Waals surface area (Å²) in [5.74, 6) is 1.85. The highest BCUT2D eigenvalue weighted by molar-refractivity contribution is 5.43. The monoisotopic (exact) mass is 255 g/mol. The molecule has 100 valence electrons. The van der Waals surface area contributed by atoms with Crippen LogP contribution in [-0.2, 0) is 6.54 Å². The van der Waals surface area contributed by atoms with Gasteiger partial charge in [0, 0.05) is 12.1 Å². The maximum absolute atomic E-state index is 6.06. The van der Waals surface area contributed by atoms with E-state index in [0.29, 0.717) is 0 Å². The molecule has 0 heterocycles. The third-order valence-electron chi connectivity index (χ3n) is 3.13. The van der Waals surface area contributed by atoms with Crippen molar-refractivity contribution in [3.63, 3.8) is 0 Å². The van der Waals surface area contributed by atoms with Gasteiger partial charge in [-0.2, -0.15) is 0 Å². The molecule has 0 saturated heterocycles. The van der Waals surface area contributed by atoms with Crippen LogP contribution in [0.1, 0.15) is 22.3 Å². The summed E-state index contributed by atoms with van der Waals surface area (Å²) in [5.41, 5.74) is 4.85. The minimum absolute atomic E-state index is 0.807. The van der Waals surface area contributed by atoms with Gasteiger partial charge in [-0.05, 0) is 45.5 Å². The van der Waals surface area contributed by atoms with Crippen molar-refractivity contribution < 1.29 is 4.74 Å². The lowest BCUT2D eigenvalue weighted by atomic mass is 10.1. The van der Waals surface area contributed by atoms with Crippen LogP contribution < -0.4 is 10.1 Å². The molecule has 2 aromatic carbocycles. The zero-order chi connectivity index (χ0) is 13.8. The Morgan fingerprint density at radius 3 is 2.16 bits per heavy atom. The quantitative estimate of drug-likeness (QED) is 0.887. The molecule has 2 heteroatoms. The normalized spacial score (nSPS) is 10.5. The first-order chi connectivity index (χ1) is 9.10. The molecule has 0 aliphatic heterocycles. The van der Waals surface area contributed by atoms with Crippen molar-refractivity contribution in [2.75, 3.05) is 7.05 Å². The van der Waals surface area contributed by atoms with Crippen LogP contribution >= 0.6 is 0 Å². The van der Waals surface area contributed by atoms with E-state index < -0.39 is 0 Å². The molecule has 2 aromatic rings. The first-order valence-corrected chi connectivity index (χ1v) is 6.59. The summed E-state index contributed by atoms with van der Waals surface area (Å²) in [6.07, 6.45) is 0. The van der Waals surface area contributed by atoms with Gasteiger partial charge in [-0.3, -0.25) is 0 Å². The largest absolute Gasteiger partial charge is 0.457 e. The van der Waals surface area contributed by atoms with Gasteiger partial charge in [0.15, 0.2) is 0 Å². The fraction of sp³-hybridized carbons (Fsp3) is 0.294. The molecule has 19 heavy (non-hydrogen) atoms. The molecule has 2 rings (SSSR count). The minimum Gasteiger partial charge on any atom is -0.457 e. The zero-order valence-corrected chi connectivity index (χ0v) is 12.1. The molecule has 0 atom stereocenters. The van der Waals surface area contributed by atoms with Gasteiger partial charge >= 0.3 is 0 Å². The van der Waals surface area contributed by atoms with E-state index in [9.17, 15) is 0 Å². The van der Waals surface area contributed by atoms with Crippen molar-refractivity contribution in [1.82, 2.24) is 5.32 Å². The van der Waals surface area contributed by atoms with E-state index >= 15 is 0 Å². The van der Waals surface area contributed by atoms with E-state index in [1.165, 1.54) is 16.7 Å². The Labute approximate surface area is 115 Å². The number of hydrogen-bond donors (Lipinski definition) is 1. The maximum Gasteiger partial charge on any atom is 0.131 e. The second-order valence-corrected chi connectivity index (χ2v) is 5.01. The van der Waals surface area contributed by atoms with Crippen LogP contribution in [0.25, 0.3) is 0 Å². The number of benzene rings is 2. The lowest BCUT2D eigenvalue weighted by Crippen LogP contribution is -2.06. The number of rotatable bonds is 4. The smallest absolute Gasteiger partial charge is 0.131 e. The van der Waals surface area contributed by atoms with Gasteiger partial charge in [-0.15, -0.1) is 0 Å². The molecule has 0 radical (unpaired) electrons. The van der Waals surface area contributed by atoms with Crippen molar-refractivity contribution in [2.24, 2.45) is 0 Å². The van der Waals surface area contributed by atoms with Crippen molar-refractivity contribution in [1.29, 1.82) is 0 Å². The zero-order valence-electron chi connectivity index (χ0n) is 12.1. The summed E-state index contributed by atoms with van der Waals surface area (Å²) in [5, 5.41) is 3.18. The Morgan fingerprint density at radius 2 is 1.53 bits per heavy atom. The second kappa shape index (κ2) is 5.89. The fourth-order valence-corrected chi connectivity index (χ4v) is 2.17. The van der Waals surface area contributed by atoms with Crippen molar-refractivity contribution in [3.8, 4) is 11.5 Å². The highest BCUT2D eigenvalue weighted by Crippen LogP contribution is 2.29. The molecule has 0 saturated carbocycles. The molecule has 0 unspecified atom stereocenters. The van der Waals surface area contributed by atoms with Gasteiger partial charge in [0.1, 0.15) is 11.5 Å². The molecule has 0 aliphatic carbocycles. The third kappa shape index (κ3) is 3.36. The summed E-state index contributed by atoms with van der Waals surface area (Å²) in [4.78, 5) is 0. The van der Waals surface area contributed by atoms with Crippen LogP contribution in [0.4, 0.5) is 0 Å². The van der Waals surface area contributed by atoms with Crippen molar-refractivity contribution >= 4 is 0 Å². The van der Waals surface area contributed by atoms with E-state index in [-0.39, 0.29) is 0 Å². The molecular formula is C17H21NO. The van der Waals surface area contributed by atoms with Crippen LogP contribution in [0.5, 0.6) is 11.5 Å². The highest BCUT2D eigenvalue weighted by Gasteiger charge is 2.07. The van der Waals surface area contributed by atoms with Gasteiger partial charge in [0.25, 0.3) is 0 Å². The average Bonchev–Trinajstić information content (AvgIpc) is 2.36. The van der Waals surface area contributed by atoms with Gasteiger partial charge in [0.05, 0.1) is 0 Å². The summed E-state index contributed by atoms with van der Waals surface area (Å²) in [6.45, 7) is 7.07. The van der Waals surface area contributed by atoms with Crippen LogP contribution in [0.15, 0.2) is 36.4 Å². The van der Waals surface area contributed by atoms with E-state index in [2.05, 4.69) is 50.4 Å². The first kappa shape index (κ1) is 13.6. The van der Waals surface area contributed by atoms with Gasteiger partial charge < -0.3 is 10.1 Å². The van der Waals surface area contributed by atoms with Crippen LogP contribution in [-0.4, -0.2) is 7.05 Å². The van der Waals surface area contributed by atoms with Gasteiger partial charge in [0.2, 0.25) is 0 Å². The standard InChI is InChI=1S/C17H21NO/c1-12-5-7-16(14(3)9-12)19-17-8-6-13(2)10-15(17)11-18-4/h5-10,18H,11H2,1-4H3. The lowest BCUT2D eigenvalue weighted by molar-refractivity contribution is 0.470. The summed E-state index contributed by atoms with van der Waals surface area (Å²) in [6, 6.07) is 12.5. The number of ether oxygens (including phenoxy) is 1. The highest BCUT2D eigenvalue weighted by atomic mass is 16.5. The number of nitrogens with one attached hydrogen (secondary N) is 1.